The summed E-state index contributed by atoms with van der Waals surface area (Å²) < 4.78 is 68.7. The molecule has 5 heterocycles. The second kappa shape index (κ2) is 9.15. The predicted octanol–water partition coefficient (Wildman–Crippen LogP) is 4.64. The molecule has 2 N–H and O–H groups in total. The van der Waals surface area contributed by atoms with Gasteiger partial charge >= 0.3 is 6.18 Å². The maximum Gasteiger partial charge on any atom is 0.417 e. The third kappa shape index (κ3) is 4.40. The molecule has 4 aromatic rings. The first-order valence-electron chi connectivity index (χ1n) is 11.7. The van der Waals surface area contributed by atoms with E-state index in [4.69, 9.17) is 9.47 Å². The first-order chi connectivity index (χ1) is 18.2. The molecular formula is C26H21F4N5O3. The highest BCUT2D eigenvalue weighted by molar-refractivity contribution is 5.79. The first kappa shape index (κ1) is 24.5. The monoisotopic (exact) mass is 527 g/mol. The second-order valence-electron chi connectivity index (χ2n) is 9.11. The van der Waals surface area contributed by atoms with Crippen LogP contribution >= 0.6 is 0 Å². The molecule has 0 bridgehead atoms. The third-order valence-electron chi connectivity index (χ3n) is 6.57. The average molecular weight is 527 g/mol. The summed E-state index contributed by atoms with van der Waals surface area (Å²) >= 11 is 0. The Labute approximate surface area is 213 Å². The minimum atomic E-state index is -4.77. The third-order valence-corrected chi connectivity index (χ3v) is 6.57. The van der Waals surface area contributed by atoms with Crippen molar-refractivity contribution in [1.29, 1.82) is 0 Å². The summed E-state index contributed by atoms with van der Waals surface area (Å²) in [5.74, 6) is -1.03. The molecule has 0 radical (unpaired) electrons. The highest BCUT2D eigenvalue weighted by Gasteiger charge is 2.43. The minimum absolute atomic E-state index is 0.0214. The van der Waals surface area contributed by atoms with E-state index in [-0.39, 0.29) is 23.4 Å². The quantitative estimate of drug-likeness (QED) is 0.279. The van der Waals surface area contributed by atoms with Crippen LogP contribution in [0.15, 0.2) is 61.2 Å². The molecular weight excluding hydrogens is 506 g/mol. The normalized spacial score (nSPS) is 22.7. The minimum Gasteiger partial charge on any atom is -0.375 e. The van der Waals surface area contributed by atoms with E-state index in [0.717, 1.165) is 6.07 Å². The van der Waals surface area contributed by atoms with Crippen molar-refractivity contribution in [3.63, 3.8) is 0 Å². The highest BCUT2D eigenvalue weighted by atomic mass is 19.4. The van der Waals surface area contributed by atoms with Crippen LogP contribution in [0.25, 0.3) is 22.5 Å². The van der Waals surface area contributed by atoms with Crippen molar-refractivity contribution in [2.45, 2.75) is 30.7 Å². The zero-order valence-electron chi connectivity index (χ0n) is 19.9. The number of ether oxygens (including phenoxy) is 2. The molecule has 2 saturated heterocycles. The number of epoxide rings is 1. The number of aromatic nitrogens is 4. The van der Waals surface area contributed by atoms with E-state index in [9.17, 15) is 18.3 Å². The van der Waals surface area contributed by atoms with Crippen LogP contribution in [0.2, 0.25) is 0 Å². The summed E-state index contributed by atoms with van der Waals surface area (Å²) in [5.41, 5.74) is 1.12. The summed E-state index contributed by atoms with van der Waals surface area (Å²) in [7, 11) is 1.59. The Hall–Kier alpha value is -3.87. The molecule has 8 nitrogen and oxygen atoms in total. The number of hydrogen-bond donors (Lipinski definition) is 2. The van der Waals surface area contributed by atoms with Gasteiger partial charge in [-0.3, -0.25) is 14.6 Å². The summed E-state index contributed by atoms with van der Waals surface area (Å²) in [6.45, 7) is 0.179. The Morgan fingerprint density at radius 2 is 1.89 bits per heavy atom. The van der Waals surface area contributed by atoms with Crippen LogP contribution in [0.5, 0.6) is 0 Å². The molecule has 0 aliphatic carbocycles. The van der Waals surface area contributed by atoms with E-state index >= 15 is 4.39 Å². The number of anilines is 1. The van der Waals surface area contributed by atoms with Gasteiger partial charge in [0.25, 0.3) is 0 Å². The van der Waals surface area contributed by atoms with Crippen molar-refractivity contribution >= 4 is 5.69 Å². The van der Waals surface area contributed by atoms with Crippen LogP contribution in [0.3, 0.4) is 0 Å². The zero-order chi connectivity index (χ0) is 26.6. The molecule has 6 rings (SSSR count). The van der Waals surface area contributed by atoms with Gasteiger partial charge in [-0.05, 0) is 30.3 Å². The molecule has 3 aromatic heterocycles. The molecule has 0 saturated carbocycles. The standard InChI is InChI=1S/C26H21F4N5O3/c1-35-7-5-18(34-35)13-8-14(17(27)9-16(13)26(28,29)30)23-21(12-37-23)33-20-11-31-10-15(24-25(36)38-24)22(20)19-4-2-3-6-32-19/h2-11,21,23-25,33,36H,12H2,1H3. The fraction of sp³-hybridized carbons (Fsp3) is 0.269. The summed E-state index contributed by atoms with van der Waals surface area (Å²) in [6, 6.07) is 7.97. The molecule has 0 spiro atoms. The van der Waals surface area contributed by atoms with Crippen molar-refractivity contribution in [2.75, 3.05) is 11.9 Å². The lowest BCUT2D eigenvalue weighted by atomic mass is 9.92. The van der Waals surface area contributed by atoms with Gasteiger partial charge < -0.3 is 19.9 Å². The summed E-state index contributed by atoms with van der Waals surface area (Å²) in [4.78, 5) is 8.67. The molecule has 12 heteroatoms. The van der Waals surface area contributed by atoms with Gasteiger partial charge in [0, 0.05) is 47.9 Å². The number of hydrogen-bond acceptors (Lipinski definition) is 7. The Balaban J connectivity index is 1.37. The van der Waals surface area contributed by atoms with Crippen LogP contribution in [0.1, 0.15) is 28.9 Å². The first-order valence-corrected chi connectivity index (χ1v) is 11.7. The fourth-order valence-electron chi connectivity index (χ4n) is 4.66. The van der Waals surface area contributed by atoms with Crippen LogP contribution < -0.4 is 5.32 Å². The van der Waals surface area contributed by atoms with Gasteiger partial charge in [0.1, 0.15) is 18.0 Å². The number of alkyl halides is 3. The van der Waals surface area contributed by atoms with Gasteiger partial charge in [-0.1, -0.05) is 6.07 Å². The van der Waals surface area contributed by atoms with Crippen LogP contribution in [-0.2, 0) is 22.7 Å². The Kier molecular flexibility index (Phi) is 5.89. The number of halogens is 4. The molecule has 4 atom stereocenters. The topological polar surface area (TPSA) is 97.6 Å². The molecule has 2 aliphatic heterocycles. The molecule has 1 aromatic carbocycles. The van der Waals surface area contributed by atoms with E-state index in [2.05, 4.69) is 20.4 Å². The largest absolute Gasteiger partial charge is 0.417 e. The molecule has 196 valence electrons. The summed E-state index contributed by atoms with van der Waals surface area (Å²) in [6.07, 6.45) is -0.878. The van der Waals surface area contributed by atoms with Gasteiger partial charge in [0.05, 0.1) is 41.5 Å². The highest BCUT2D eigenvalue weighted by Crippen LogP contribution is 2.45. The Morgan fingerprint density at radius 3 is 2.50 bits per heavy atom. The summed E-state index contributed by atoms with van der Waals surface area (Å²) in [5, 5.41) is 17.2. The van der Waals surface area contributed by atoms with E-state index in [1.54, 1.807) is 37.8 Å². The van der Waals surface area contributed by atoms with E-state index in [1.165, 1.54) is 16.9 Å². The fourth-order valence-corrected chi connectivity index (χ4v) is 4.66. The number of nitrogens with one attached hydrogen (secondary N) is 1. The Morgan fingerprint density at radius 1 is 1.08 bits per heavy atom. The molecule has 38 heavy (non-hydrogen) atoms. The number of benzene rings is 1. The van der Waals surface area contributed by atoms with Gasteiger partial charge in [-0.25, -0.2) is 4.39 Å². The van der Waals surface area contributed by atoms with Gasteiger partial charge in [-0.2, -0.15) is 18.3 Å². The number of aliphatic hydroxyl groups is 1. The van der Waals surface area contributed by atoms with Gasteiger partial charge in [0.15, 0.2) is 6.29 Å². The van der Waals surface area contributed by atoms with E-state index in [0.29, 0.717) is 28.6 Å². The van der Waals surface area contributed by atoms with Crippen LogP contribution in [0.4, 0.5) is 23.2 Å². The average Bonchev–Trinajstić information content (AvgIpc) is 3.45. The lowest BCUT2D eigenvalue weighted by molar-refractivity contribution is -0.137. The molecule has 2 fully saturated rings. The molecule has 2 aliphatic rings. The SMILES string of the molecule is Cn1ccc(-c2cc(C3OCC3Nc3cncc(C4OC4O)c3-c3ccccn3)c(F)cc2C(F)(F)F)n1. The maximum absolute atomic E-state index is 15.1. The number of nitrogens with zero attached hydrogens (tertiary/aromatic N) is 4. The van der Waals surface area contributed by atoms with Crippen molar-refractivity contribution < 1.29 is 32.1 Å². The van der Waals surface area contributed by atoms with Crippen LogP contribution in [-0.4, -0.2) is 43.8 Å². The lowest BCUT2D eigenvalue weighted by Crippen LogP contribution is -2.44. The zero-order valence-corrected chi connectivity index (χ0v) is 19.9. The number of rotatable bonds is 6. The van der Waals surface area contributed by atoms with Gasteiger partial charge in [-0.15, -0.1) is 0 Å². The number of aryl methyl sites for hydroxylation is 1. The lowest BCUT2D eigenvalue weighted by Gasteiger charge is -2.39. The Bertz CT molecular complexity index is 1490. The molecule has 0 amide bonds. The smallest absolute Gasteiger partial charge is 0.375 e. The predicted molar refractivity (Wildman–Crippen MR) is 127 cm³/mol. The van der Waals surface area contributed by atoms with Gasteiger partial charge in [0.2, 0.25) is 0 Å². The van der Waals surface area contributed by atoms with Crippen molar-refractivity contribution in [3.05, 3.63) is 83.7 Å². The van der Waals surface area contributed by atoms with Crippen molar-refractivity contribution in [1.82, 2.24) is 19.7 Å². The van der Waals surface area contributed by atoms with Crippen molar-refractivity contribution in [2.24, 2.45) is 7.05 Å². The van der Waals surface area contributed by atoms with E-state index in [1.807, 2.05) is 6.07 Å². The number of aliphatic hydroxyl groups excluding tert-OH is 1. The maximum atomic E-state index is 15.1. The molecule has 4 unspecified atom stereocenters. The second-order valence-corrected chi connectivity index (χ2v) is 9.11. The van der Waals surface area contributed by atoms with Crippen molar-refractivity contribution in [3.8, 4) is 22.5 Å². The van der Waals surface area contributed by atoms with E-state index < -0.39 is 42.1 Å². The number of pyridine rings is 2. The van der Waals surface area contributed by atoms with Crippen LogP contribution in [0, 0.1) is 5.82 Å².